The number of methoxy groups -OCH3 is 1. The fourth-order valence-corrected chi connectivity index (χ4v) is 2.67. The van der Waals surface area contributed by atoms with E-state index in [1.54, 1.807) is 54.6 Å². The minimum absolute atomic E-state index is 0.343. The van der Waals surface area contributed by atoms with Crippen molar-refractivity contribution in [1.29, 1.82) is 0 Å². The molecule has 0 saturated carbocycles. The fraction of sp³-hybridized carbons (Fsp3) is 0.0952. The lowest BCUT2D eigenvalue weighted by atomic mass is 10.1. The molecule has 7 nitrogen and oxygen atoms in total. The van der Waals surface area contributed by atoms with Gasteiger partial charge in [0.05, 0.1) is 12.0 Å². The monoisotopic (exact) mass is 396 g/mol. The van der Waals surface area contributed by atoms with Gasteiger partial charge >= 0.3 is 5.69 Å². The largest absolute Gasteiger partial charge is 0.497 e. The molecule has 1 atom stereocenters. The van der Waals surface area contributed by atoms with Gasteiger partial charge in [-0.05, 0) is 18.2 Å². The second-order valence-electron chi connectivity index (χ2n) is 6.00. The second-order valence-corrected chi connectivity index (χ2v) is 6.00. The summed E-state index contributed by atoms with van der Waals surface area (Å²) in [5.41, 5.74) is 0.459. The predicted octanol–water partition coefficient (Wildman–Crippen LogP) is 4.50. The average molecular weight is 396 g/mol. The Balaban J connectivity index is 1.95. The van der Waals surface area contributed by atoms with Gasteiger partial charge in [0.2, 0.25) is 11.9 Å². The lowest BCUT2D eigenvalue weighted by Gasteiger charge is -2.19. The zero-order valence-corrected chi connectivity index (χ0v) is 15.4. The Morgan fingerprint density at radius 3 is 2.52 bits per heavy atom. The van der Waals surface area contributed by atoms with Crippen molar-refractivity contribution in [2.24, 2.45) is 0 Å². The normalized spacial score (nSPS) is 11.4. The zero-order valence-electron chi connectivity index (χ0n) is 15.4. The fourth-order valence-electron chi connectivity index (χ4n) is 2.67. The summed E-state index contributed by atoms with van der Waals surface area (Å²) in [5, 5.41) is 14.0. The number of carbonyl (C=O) groups is 1. The van der Waals surface area contributed by atoms with Crippen LogP contribution in [-0.4, -0.2) is 17.9 Å². The Kier molecular flexibility index (Phi) is 6.03. The first-order valence-electron chi connectivity index (χ1n) is 8.58. The van der Waals surface area contributed by atoms with Crippen LogP contribution in [-0.2, 0) is 4.79 Å². The van der Waals surface area contributed by atoms with Gasteiger partial charge in [-0.15, -0.1) is 0 Å². The molecule has 0 aliphatic rings. The third-order valence-corrected chi connectivity index (χ3v) is 4.04. The Labute approximate surface area is 165 Å². The van der Waals surface area contributed by atoms with E-state index in [0.29, 0.717) is 17.0 Å². The maximum absolute atomic E-state index is 13.7. The molecule has 3 aromatic rings. The van der Waals surface area contributed by atoms with E-state index >= 15 is 0 Å². The summed E-state index contributed by atoms with van der Waals surface area (Å²) in [6, 6.07) is 18.0. The van der Waals surface area contributed by atoms with Crippen LogP contribution in [0.1, 0.15) is 11.7 Å². The SMILES string of the molecule is COc1cccc(NC(=O)[C@H](Oc2cc(F)ccc2[N+](=O)[O-])c2ccccc2)c1. The highest BCUT2D eigenvalue weighted by molar-refractivity contribution is 5.95. The number of ether oxygens (including phenoxy) is 2. The highest BCUT2D eigenvalue weighted by Crippen LogP contribution is 2.32. The van der Waals surface area contributed by atoms with Gasteiger partial charge in [-0.1, -0.05) is 36.4 Å². The minimum atomic E-state index is -1.25. The van der Waals surface area contributed by atoms with Crippen LogP contribution in [0.5, 0.6) is 11.5 Å². The summed E-state index contributed by atoms with van der Waals surface area (Å²) in [7, 11) is 1.50. The number of benzene rings is 3. The molecule has 8 heteroatoms. The highest BCUT2D eigenvalue weighted by atomic mass is 19.1. The molecule has 29 heavy (non-hydrogen) atoms. The molecule has 0 aliphatic carbocycles. The van der Waals surface area contributed by atoms with Crippen LogP contribution in [0, 0.1) is 15.9 Å². The van der Waals surface area contributed by atoms with Gasteiger partial charge in [0.15, 0.2) is 0 Å². The van der Waals surface area contributed by atoms with Crippen molar-refractivity contribution < 1.29 is 23.6 Å². The van der Waals surface area contributed by atoms with Crippen molar-refractivity contribution in [3.63, 3.8) is 0 Å². The predicted molar refractivity (Wildman–Crippen MR) is 104 cm³/mol. The molecule has 0 radical (unpaired) electrons. The van der Waals surface area contributed by atoms with Crippen LogP contribution in [0.15, 0.2) is 72.8 Å². The summed E-state index contributed by atoms with van der Waals surface area (Å²) < 4.78 is 24.5. The van der Waals surface area contributed by atoms with Gasteiger partial charge in [0.1, 0.15) is 11.6 Å². The van der Waals surface area contributed by atoms with Crippen molar-refractivity contribution >= 4 is 17.3 Å². The van der Waals surface area contributed by atoms with Gasteiger partial charge < -0.3 is 14.8 Å². The van der Waals surface area contributed by atoms with Gasteiger partial charge in [-0.2, -0.15) is 0 Å². The van der Waals surface area contributed by atoms with E-state index in [1.807, 2.05) is 0 Å². The van der Waals surface area contributed by atoms with Crippen molar-refractivity contribution in [3.8, 4) is 11.5 Å². The van der Waals surface area contributed by atoms with Crippen molar-refractivity contribution in [1.82, 2.24) is 0 Å². The molecule has 3 rings (SSSR count). The number of nitro groups is 1. The maximum atomic E-state index is 13.7. The summed E-state index contributed by atoms with van der Waals surface area (Å²) in [6.45, 7) is 0. The maximum Gasteiger partial charge on any atom is 0.311 e. The standard InChI is InChI=1S/C21H17FN2O5/c1-28-17-9-5-8-16(13-17)23-21(25)20(14-6-3-2-4-7-14)29-19-12-15(22)10-11-18(19)24(26)27/h2-13,20H,1H3,(H,23,25)/t20-/m1/s1. The quantitative estimate of drug-likeness (QED) is 0.469. The van der Waals surface area contributed by atoms with E-state index in [1.165, 1.54) is 7.11 Å². The number of halogens is 1. The number of amides is 1. The number of hydrogen-bond donors (Lipinski definition) is 1. The van der Waals surface area contributed by atoms with Gasteiger partial charge in [0, 0.05) is 29.4 Å². The molecule has 1 N–H and O–H groups in total. The van der Waals surface area contributed by atoms with Crippen LogP contribution >= 0.6 is 0 Å². The van der Waals surface area contributed by atoms with Crippen LogP contribution in [0.4, 0.5) is 15.8 Å². The van der Waals surface area contributed by atoms with Crippen LogP contribution < -0.4 is 14.8 Å². The molecular weight excluding hydrogens is 379 g/mol. The summed E-state index contributed by atoms with van der Waals surface area (Å²) >= 11 is 0. The number of nitro benzene ring substituents is 1. The Morgan fingerprint density at radius 1 is 1.07 bits per heavy atom. The molecule has 1 amide bonds. The Bertz CT molecular complexity index is 1030. The number of nitrogens with one attached hydrogen (secondary N) is 1. The number of hydrogen-bond acceptors (Lipinski definition) is 5. The summed E-state index contributed by atoms with van der Waals surface area (Å²) in [5.74, 6) is -1.10. The highest BCUT2D eigenvalue weighted by Gasteiger charge is 2.27. The first-order chi connectivity index (χ1) is 14.0. The third kappa shape index (κ3) is 4.86. The van der Waals surface area contributed by atoms with E-state index < -0.39 is 28.4 Å². The Hall–Kier alpha value is -3.94. The van der Waals surface area contributed by atoms with Crippen LogP contribution in [0.2, 0.25) is 0 Å². The Morgan fingerprint density at radius 2 is 1.83 bits per heavy atom. The number of rotatable bonds is 7. The molecule has 148 valence electrons. The summed E-state index contributed by atoms with van der Waals surface area (Å²) in [4.78, 5) is 23.5. The molecule has 0 heterocycles. The molecule has 3 aromatic carbocycles. The number of carbonyl (C=O) groups excluding carboxylic acids is 1. The minimum Gasteiger partial charge on any atom is -0.497 e. The third-order valence-electron chi connectivity index (χ3n) is 4.04. The molecule has 0 aliphatic heterocycles. The molecule has 0 fully saturated rings. The van der Waals surface area contributed by atoms with E-state index in [0.717, 1.165) is 18.2 Å². The van der Waals surface area contributed by atoms with Crippen molar-refractivity contribution in [2.75, 3.05) is 12.4 Å². The van der Waals surface area contributed by atoms with Crippen molar-refractivity contribution in [3.05, 3.63) is 94.3 Å². The molecule has 0 bridgehead atoms. The first kappa shape index (κ1) is 19.8. The van der Waals surface area contributed by atoms with Crippen LogP contribution in [0.3, 0.4) is 0 Å². The van der Waals surface area contributed by atoms with E-state index in [-0.39, 0.29) is 5.75 Å². The molecule has 0 unspecified atom stereocenters. The smallest absolute Gasteiger partial charge is 0.311 e. The molecular formula is C21H17FN2O5. The summed E-state index contributed by atoms with van der Waals surface area (Å²) in [6.07, 6.45) is -1.25. The lowest BCUT2D eigenvalue weighted by molar-refractivity contribution is -0.386. The second kappa shape index (κ2) is 8.83. The average Bonchev–Trinajstić information content (AvgIpc) is 2.72. The molecule has 0 spiro atoms. The topological polar surface area (TPSA) is 90.7 Å². The van der Waals surface area contributed by atoms with Crippen molar-refractivity contribution in [2.45, 2.75) is 6.10 Å². The van der Waals surface area contributed by atoms with E-state index in [9.17, 15) is 19.3 Å². The van der Waals surface area contributed by atoms with Gasteiger partial charge in [-0.25, -0.2) is 4.39 Å². The van der Waals surface area contributed by atoms with E-state index in [2.05, 4.69) is 5.32 Å². The molecule has 0 aromatic heterocycles. The van der Waals surface area contributed by atoms with E-state index in [4.69, 9.17) is 9.47 Å². The lowest BCUT2D eigenvalue weighted by Crippen LogP contribution is -2.26. The first-order valence-corrected chi connectivity index (χ1v) is 8.58. The zero-order chi connectivity index (χ0) is 20.8. The van der Waals surface area contributed by atoms with Gasteiger partial charge in [0.25, 0.3) is 5.91 Å². The van der Waals surface area contributed by atoms with Crippen LogP contribution in [0.25, 0.3) is 0 Å². The van der Waals surface area contributed by atoms with Gasteiger partial charge in [-0.3, -0.25) is 14.9 Å². The number of nitrogens with zero attached hydrogens (tertiary/aromatic N) is 1. The number of anilines is 1. The molecule has 0 saturated heterocycles.